The Bertz CT molecular complexity index is 545. The number of nitrogens with two attached hydrogens (primary N) is 1. The molecular weight excluding hydrogens is 287 g/mol. The fourth-order valence-corrected chi connectivity index (χ4v) is 1.93. The van der Waals surface area contributed by atoms with E-state index in [1.807, 2.05) is 32.0 Å². The highest BCUT2D eigenvalue weighted by molar-refractivity contribution is 6.30. The van der Waals surface area contributed by atoms with Crippen LogP contribution < -0.4 is 5.73 Å². The Labute approximate surface area is 121 Å². The molecule has 1 unspecified atom stereocenters. The van der Waals surface area contributed by atoms with Crippen LogP contribution >= 0.6 is 11.6 Å². The Kier molecular flexibility index (Phi) is 5.28. The highest BCUT2D eigenvalue weighted by Crippen LogP contribution is 2.33. The summed E-state index contributed by atoms with van der Waals surface area (Å²) in [5.41, 5.74) is 7.12. The maximum Gasteiger partial charge on any atom is 0.417 e. The van der Waals surface area contributed by atoms with Crippen LogP contribution in [0.4, 0.5) is 13.2 Å². The number of rotatable bonds is 3. The number of aryl methyl sites for hydroxylation is 2. The molecule has 0 aliphatic carbocycles. The summed E-state index contributed by atoms with van der Waals surface area (Å²) in [6.07, 6.45) is -3.10. The van der Waals surface area contributed by atoms with Crippen molar-refractivity contribution in [3.05, 3.63) is 57.8 Å². The standard InChI is InChI=1S/C15H17ClF3N/c1-9-4-5-12(6-10(9)2)11(3)14(16)7-13(8-20)15(17,18)19/h4-8,11H,20H2,1-3H3/b13-8+,14-7+. The first-order valence-corrected chi connectivity index (χ1v) is 6.48. The van der Waals surface area contributed by atoms with Crippen molar-refractivity contribution in [3.8, 4) is 0 Å². The monoisotopic (exact) mass is 303 g/mol. The lowest BCUT2D eigenvalue weighted by Crippen LogP contribution is -2.12. The molecule has 5 heteroatoms. The van der Waals surface area contributed by atoms with Crippen LogP contribution in [0.5, 0.6) is 0 Å². The van der Waals surface area contributed by atoms with Gasteiger partial charge in [-0.05, 0) is 36.6 Å². The van der Waals surface area contributed by atoms with E-state index in [9.17, 15) is 13.2 Å². The third-order valence-electron chi connectivity index (χ3n) is 3.24. The van der Waals surface area contributed by atoms with Crippen molar-refractivity contribution >= 4 is 11.6 Å². The largest absolute Gasteiger partial charge is 0.417 e. The minimum atomic E-state index is -4.50. The fourth-order valence-electron chi connectivity index (χ4n) is 1.69. The van der Waals surface area contributed by atoms with Gasteiger partial charge in [-0.2, -0.15) is 13.2 Å². The van der Waals surface area contributed by atoms with Gasteiger partial charge in [0.2, 0.25) is 0 Å². The van der Waals surface area contributed by atoms with Crippen LogP contribution in [0.1, 0.15) is 29.5 Å². The molecule has 0 saturated heterocycles. The summed E-state index contributed by atoms with van der Waals surface area (Å²) in [5, 5.41) is 0.0993. The third kappa shape index (κ3) is 4.04. The SMILES string of the molecule is Cc1ccc(C(C)/C(Cl)=C\C(=C/N)C(F)(F)F)cc1C. The number of benzene rings is 1. The van der Waals surface area contributed by atoms with Gasteiger partial charge in [0, 0.05) is 17.2 Å². The summed E-state index contributed by atoms with van der Waals surface area (Å²) in [4.78, 5) is 0. The van der Waals surface area contributed by atoms with Crippen molar-refractivity contribution in [2.45, 2.75) is 32.9 Å². The molecule has 1 nitrogen and oxygen atoms in total. The fraction of sp³-hybridized carbons (Fsp3) is 0.333. The van der Waals surface area contributed by atoms with E-state index in [1.165, 1.54) is 0 Å². The van der Waals surface area contributed by atoms with E-state index in [2.05, 4.69) is 0 Å². The molecule has 0 spiro atoms. The number of allylic oxidation sites excluding steroid dienone is 3. The molecule has 20 heavy (non-hydrogen) atoms. The molecule has 1 aromatic rings. The van der Waals surface area contributed by atoms with E-state index in [4.69, 9.17) is 17.3 Å². The number of halogens is 4. The Hall–Kier alpha value is -1.42. The van der Waals surface area contributed by atoms with Crippen molar-refractivity contribution in [2.24, 2.45) is 5.73 Å². The molecule has 2 N–H and O–H groups in total. The predicted octanol–water partition coefficient (Wildman–Crippen LogP) is 4.93. The molecule has 0 bridgehead atoms. The van der Waals surface area contributed by atoms with Crippen LogP contribution in [-0.2, 0) is 0 Å². The molecule has 110 valence electrons. The second-order valence-corrected chi connectivity index (χ2v) is 5.15. The van der Waals surface area contributed by atoms with Gasteiger partial charge in [-0.15, -0.1) is 0 Å². The van der Waals surface area contributed by atoms with Gasteiger partial charge in [-0.3, -0.25) is 0 Å². The van der Waals surface area contributed by atoms with Gasteiger partial charge in [-0.25, -0.2) is 0 Å². The molecule has 0 radical (unpaired) electrons. The molecule has 0 aliphatic rings. The zero-order chi connectivity index (χ0) is 15.5. The third-order valence-corrected chi connectivity index (χ3v) is 3.68. The van der Waals surface area contributed by atoms with Crippen LogP contribution in [-0.4, -0.2) is 6.18 Å². The van der Waals surface area contributed by atoms with Gasteiger partial charge >= 0.3 is 6.18 Å². The summed E-state index contributed by atoms with van der Waals surface area (Å²) in [6, 6.07) is 5.72. The average molecular weight is 304 g/mol. The minimum Gasteiger partial charge on any atom is -0.404 e. The van der Waals surface area contributed by atoms with Gasteiger partial charge in [0.1, 0.15) is 0 Å². The van der Waals surface area contributed by atoms with Gasteiger partial charge < -0.3 is 5.73 Å². The molecule has 0 saturated carbocycles. The first-order valence-electron chi connectivity index (χ1n) is 6.10. The Morgan fingerprint density at radius 2 is 1.85 bits per heavy atom. The summed E-state index contributed by atoms with van der Waals surface area (Å²) >= 11 is 6.00. The van der Waals surface area contributed by atoms with Crippen LogP contribution in [0.15, 0.2) is 41.1 Å². The minimum absolute atomic E-state index is 0.0993. The summed E-state index contributed by atoms with van der Waals surface area (Å²) in [6.45, 7) is 5.68. The molecule has 0 aliphatic heterocycles. The van der Waals surface area contributed by atoms with Gasteiger partial charge in [0.05, 0.1) is 5.57 Å². The zero-order valence-corrected chi connectivity index (χ0v) is 12.3. The molecule has 1 aromatic carbocycles. The van der Waals surface area contributed by atoms with E-state index in [-0.39, 0.29) is 11.0 Å². The highest BCUT2D eigenvalue weighted by atomic mass is 35.5. The van der Waals surface area contributed by atoms with E-state index in [1.54, 1.807) is 6.92 Å². The average Bonchev–Trinajstić information content (AvgIpc) is 2.36. The molecule has 0 amide bonds. The van der Waals surface area contributed by atoms with Crippen LogP contribution in [0.25, 0.3) is 0 Å². The maximum atomic E-state index is 12.6. The summed E-state index contributed by atoms with van der Waals surface area (Å²) in [7, 11) is 0. The smallest absolute Gasteiger partial charge is 0.404 e. The van der Waals surface area contributed by atoms with Crippen LogP contribution in [0.3, 0.4) is 0 Å². The van der Waals surface area contributed by atoms with Crippen molar-refractivity contribution in [1.29, 1.82) is 0 Å². The predicted molar refractivity (Wildman–Crippen MR) is 76.6 cm³/mol. The number of alkyl halides is 3. The first-order chi connectivity index (χ1) is 9.16. The van der Waals surface area contributed by atoms with Crippen LogP contribution in [0.2, 0.25) is 0 Å². The van der Waals surface area contributed by atoms with Crippen molar-refractivity contribution < 1.29 is 13.2 Å². The lowest BCUT2D eigenvalue weighted by atomic mass is 9.96. The zero-order valence-electron chi connectivity index (χ0n) is 11.6. The van der Waals surface area contributed by atoms with Crippen molar-refractivity contribution in [1.82, 2.24) is 0 Å². The molecule has 1 atom stereocenters. The molecule has 0 aromatic heterocycles. The normalized spacial score (nSPS) is 15.3. The second-order valence-electron chi connectivity index (χ2n) is 4.71. The van der Waals surface area contributed by atoms with E-state index in [0.29, 0.717) is 6.20 Å². The maximum absolute atomic E-state index is 12.6. The molecule has 1 rings (SSSR count). The molecule has 0 heterocycles. The molecular formula is C15H17ClF3N. The van der Waals surface area contributed by atoms with Crippen LogP contribution in [0, 0.1) is 13.8 Å². The summed E-state index contributed by atoms with van der Waals surface area (Å²) in [5.74, 6) is -0.326. The van der Waals surface area contributed by atoms with Gasteiger partial charge in [0.25, 0.3) is 0 Å². The topological polar surface area (TPSA) is 26.0 Å². The van der Waals surface area contributed by atoms with E-state index < -0.39 is 11.7 Å². The quantitative estimate of drug-likeness (QED) is 0.787. The van der Waals surface area contributed by atoms with Crippen molar-refractivity contribution in [2.75, 3.05) is 0 Å². The Balaban J connectivity index is 3.07. The number of hydrogen-bond acceptors (Lipinski definition) is 1. The lowest BCUT2D eigenvalue weighted by molar-refractivity contribution is -0.0884. The van der Waals surface area contributed by atoms with Crippen molar-refractivity contribution in [3.63, 3.8) is 0 Å². The highest BCUT2D eigenvalue weighted by Gasteiger charge is 2.32. The number of hydrogen-bond donors (Lipinski definition) is 1. The summed E-state index contributed by atoms with van der Waals surface area (Å²) < 4.78 is 37.8. The molecule has 0 fully saturated rings. The van der Waals surface area contributed by atoms with E-state index in [0.717, 1.165) is 22.8 Å². The Morgan fingerprint density at radius 1 is 1.25 bits per heavy atom. The Morgan fingerprint density at radius 3 is 2.30 bits per heavy atom. The van der Waals surface area contributed by atoms with Gasteiger partial charge in [0.15, 0.2) is 0 Å². The van der Waals surface area contributed by atoms with E-state index >= 15 is 0 Å². The first kappa shape index (κ1) is 16.6. The second kappa shape index (κ2) is 6.35. The van der Waals surface area contributed by atoms with Gasteiger partial charge in [-0.1, -0.05) is 36.7 Å². The lowest BCUT2D eigenvalue weighted by Gasteiger charge is -2.14.